The molecule has 1 unspecified atom stereocenters. The van der Waals surface area contributed by atoms with Crippen LogP contribution >= 0.6 is 0 Å². The highest BCUT2D eigenvalue weighted by atomic mass is 32.2. The van der Waals surface area contributed by atoms with Gasteiger partial charge in [-0.2, -0.15) is 0 Å². The first-order valence-corrected chi connectivity index (χ1v) is 11.5. The average Bonchev–Trinajstić information content (AvgIpc) is 2.64. The van der Waals surface area contributed by atoms with Gasteiger partial charge in [0, 0.05) is 11.3 Å². The molecule has 1 aromatic carbocycles. The van der Waals surface area contributed by atoms with Crippen LogP contribution in [0.3, 0.4) is 0 Å². The molecule has 1 N–H and O–H groups in total. The number of hydrogen-bond donors (Lipinski definition) is 1. The van der Waals surface area contributed by atoms with Crippen LogP contribution in [-0.4, -0.2) is 19.3 Å². The van der Waals surface area contributed by atoms with Crippen molar-refractivity contribution >= 4 is 9.84 Å². The summed E-state index contributed by atoms with van der Waals surface area (Å²) in [5.74, 6) is 5.04. The summed E-state index contributed by atoms with van der Waals surface area (Å²) in [5, 5.41) is 11.4. The zero-order chi connectivity index (χ0) is 20.8. The van der Waals surface area contributed by atoms with Crippen LogP contribution in [0.5, 0.6) is 0 Å². The van der Waals surface area contributed by atoms with Gasteiger partial charge in [-0.05, 0) is 59.4 Å². The molecule has 0 aromatic heterocycles. The Kier molecular flexibility index (Phi) is 5.15. The van der Waals surface area contributed by atoms with Crippen molar-refractivity contribution in [3.63, 3.8) is 0 Å². The minimum Gasteiger partial charge on any atom is -0.381 e. The van der Waals surface area contributed by atoms with Crippen molar-refractivity contribution < 1.29 is 13.5 Å². The van der Waals surface area contributed by atoms with Gasteiger partial charge in [0.15, 0.2) is 9.84 Å². The van der Waals surface area contributed by atoms with Gasteiger partial charge in [0.2, 0.25) is 0 Å². The third-order valence-corrected chi connectivity index (χ3v) is 7.89. The summed E-state index contributed by atoms with van der Waals surface area (Å²) in [7, 11) is -3.51. The third kappa shape index (κ3) is 3.71. The molecule has 0 fully saturated rings. The summed E-state index contributed by atoms with van der Waals surface area (Å²) >= 11 is 0. The van der Waals surface area contributed by atoms with Crippen LogP contribution in [-0.2, 0) is 26.3 Å². The lowest BCUT2D eigenvalue weighted by atomic mass is 9.62. The molecule has 3 rings (SSSR count). The summed E-state index contributed by atoms with van der Waals surface area (Å²) < 4.78 is 25.1. The molecule has 0 saturated carbocycles. The van der Waals surface area contributed by atoms with Gasteiger partial charge in [-0.15, -0.1) is 5.92 Å². The van der Waals surface area contributed by atoms with E-state index in [4.69, 9.17) is 0 Å². The molecular weight excluding hydrogens is 368 g/mol. The number of benzene rings is 1. The number of aliphatic hydroxyl groups is 1. The van der Waals surface area contributed by atoms with Crippen molar-refractivity contribution in [2.45, 2.75) is 70.3 Å². The lowest BCUT2D eigenvalue weighted by Gasteiger charge is -2.42. The molecule has 0 bridgehead atoms. The number of allylic oxidation sites excluding steroid dienone is 2. The van der Waals surface area contributed by atoms with Crippen LogP contribution in [0.25, 0.3) is 0 Å². The quantitative estimate of drug-likeness (QED) is 0.763. The molecule has 4 heteroatoms. The van der Waals surface area contributed by atoms with E-state index in [9.17, 15) is 13.5 Å². The van der Waals surface area contributed by atoms with Gasteiger partial charge in [0.1, 0.15) is 11.4 Å². The van der Waals surface area contributed by atoms with Crippen molar-refractivity contribution in [3.8, 4) is 11.8 Å². The molecule has 1 atom stereocenters. The van der Waals surface area contributed by atoms with Crippen LogP contribution in [0.2, 0.25) is 0 Å². The first kappa shape index (κ1) is 20.9. The summed E-state index contributed by atoms with van der Waals surface area (Å²) in [4.78, 5) is 0.234. The van der Waals surface area contributed by atoms with Crippen molar-refractivity contribution in [3.05, 3.63) is 58.0 Å². The topological polar surface area (TPSA) is 54.4 Å². The molecule has 0 aliphatic heterocycles. The number of rotatable bonds is 3. The third-order valence-electron chi connectivity index (χ3n) is 6.29. The van der Waals surface area contributed by atoms with Crippen LogP contribution in [0, 0.1) is 11.8 Å². The second kappa shape index (κ2) is 6.90. The smallest absolute Gasteiger partial charge is 0.185 e. The Morgan fingerprint density at radius 2 is 1.71 bits per heavy atom. The van der Waals surface area contributed by atoms with Gasteiger partial charge >= 0.3 is 0 Å². The fourth-order valence-electron chi connectivity index (χ4n) is 4.23. The van der Waals surface area contributed by atoms with Crippen molar-refractivity contribution in [2.75, 3.05) is 5.75 Å². The molecule has 0 spiro atoms. The van der Waals surface area contributed by atoms with E-state index < -0.39 is 15.4 Å². The summed E-state index contributed by atoms with van der Waals surface area (Å²) in [5.41, 5.74) is 2.11. The Balaban J connectivity index is 2.02. The van der Waals surface area contributed by atoms with Gasteiger partial charge < -0.3 is 5.11 Å². The lowest BCUT2D eigenvalue weighted by Crippen LogP contribution is -2.35. The molecule has 0 amide bonds. The molecule has 2 aliphatic carbocycles. The summed E-state index contributed by atoms with van der Waals surface area (Å²) in [6.07, 6.45) is 7.16. The predicted molar refractivity (Wildman–Crippen MR) is 115 cm³/mol. The molecule has 150 valence electrons. The van der Waals surface area contributed by atoms with Crippen LogP contribution in [0.4, 0.5) is 0 Å². The predicted octanol–water partition coefficient (Wildman–Crippen LogP) is 4.51. The maximum Gasteiger partial charge on any atom is 0.185 e. The van der Waals surface area contributed by atoms with Gasteiger partial charge in [-0.3, -0.25) is 0 Å². The van der Waals surface area contributed by atoms with E-state index in [2.05, 4.69) is 51.7 Å². The Morgan fingerprint density at radius 1 is 1.07 bits per heavy atom. The minimum absolute atomic E-state index is 0.0249. The van der Waals surface area contributed by atoms with Crippen molar-refractivity contribution in [1.29, 1.82) is 0 Å². The lowest BCUT2D eigenvalue weighted by molar-refractivity contribution is 0.0899. The van der Waals surface area contributed by atoms with Gasteiger partial charge in [0.25, 0.3) is 0 Å². The second-order valence-electron chi connectivity index (χ2n) is 9.31. The summed E-state index contributed by atoms with van der Waals surface area (Å²) in [6, 6.07) is 6.15. The van der Waals surface area contributed by atoms with E-state index in [1.54, 1.807) is 25.2 Å². The van der Waals surface area contributed by atoms with Crippen LogP contribution in [0.15, 0.2) is 41.3 Å². The molecular formula is C24H30O3S. The maximum atomic E-state index is 12.6. The van der Waals surface area contributed by atoms with Crippen molar-refractivity contribution in [1.82, 2.24) is 0 Å². The summed E-state index contributed by atoms with van der Waals surface area (Å²) in [6.45, 7) is 10.6. The number of sulfone groups is 1. The van der Waals surface area contributed by atoms with Gasteiger partial charge in [0.05, 0.1) is 0 Å². The van der Waals surface area contributed by atoms with Crippen LogP contribution < -0.4 is 0 Å². The number of fused-ring (bicyclic) bond motifs is 1. The Labute approximate surface area is 169 Å². The zero-order valence-electron chi connectivity index (χ0n) is 17.5. The Morgan fingerprint density at radius 3 is 2.36 bits per heavy atom. The molecule has 1 aromatic rings. The maximum absolute atomic E-state index is 12.6. The van der Waals surface area contributed by atoms with E-state index >= 15 is 0 Å². The molecule has 3 nitrogen and oxygen atoms in total. The molecule has 2 aliphatic rings. The van der Waals surface area contributed by atoms with E-state index in [0.717, 1.165) is 18.4 Å². The van der Waals surface area contributed by atoms with Gasteiger partial charge in [-0.1, -0.05) is 57.9 Å². The minimum atomic E-state index is -3.51. The first-order valence-electron chi connectivity index (χ1n) is 9.80. The highest BCUT2D eigenvalue weighted by Gasteiger charge is 2.39. The van der Waals surface area contributed by atoms with E-state index in [0.29, 0.717) is 0 Å². The SMILES string of the molecule is CC#CCS(=O)(=O)C1=CC=CC(O)(c2ccc3c(c2)C(C)(C)CCC3(C)C)C1. The highest BCUT2D eigenvalue weighted by molar-refractivity contribution is 7.95. The molecule has 0 saturated heterocycles. The Hall–Kier alpha value is -1.83. The standard InChI is InChI=1S/C24H30O3S/c1-6-7-15-28(26,27)19-9-8-12-24(25,17-19)18-10-11-20-21(16-18)23(4,5)14-13-22(20,2)3/h8-12,16,25H,13-15,17H2,1-5H3. The van der Waals surface area contributed by atoms with E-state index in [1.807, 2.05) is 6.07 Å². The first-order chi connectivity index (χ1) is 12.9. The fourth-order valence-corrected chi connectivity index (χ4v) is 5.47. The average molecular weight is 399 g/mol. The largest absolute Gasteiger partial charge is 0.381 e. The normalized spacial score (nSPS) is 25.3. The molecule has 0 heterocycles. The fraction of sp³-hybridized carbons (Fsp3) is 0.500. The van der Waals surface area contributed by atoms with Crippen molar-refractivity contribution in [2.24, 2.45) is 0 Å². The molecule has 0 radical (unpaired) electrons. The Bertz CT molecular complexity index is 1010. The highest BCUT2D eigenvalue weighted by Crippen LogP contribution is 2.47. The second-order valence-corrected chi connectivity index (χ2v) is 11.3. The van der Waals surface area contributed by atoms with E-state index in [1.165, 1.54) is 11.1 Å². The van der Waals surface area contributed by atoms with Gasteiger partial charge in [-0.25, -0.2) is 8.42 Å². The van der Waals surface area contributed by atoms with Crippen LogP contribution in [0.1, 0.15) is 70.6 Å². The monoisotopic (exact) mass is 398 g/mol. The van der Waals surface area contributed by atoms with E-state index in [-0.39, 0.29) is 27.9 Å². The number of hydrogen-bond acceptors (Lipinski definition) is 3. The molecule has 28 heavy (non-hydrogen) atoms. The zero-order valence-corrected chi connectivity index (χ0v) is 18.3.